The van der Waals surface area contributed by atoms with Crippen LogP contribution in [0.1, 0.15) is 37.8 Å². The van der Waals surface area contributed by atoms with E-state index in [4.69, 9.17) is 9.47 Å². The lowest BCUT2D eigenvalue weighted by Gasteiger charge is -2.19. The molecule has 3 heteroatoms. The summed E-state index contributed by atoms with van der Waals surface area (Å²) in [5, 5.41) is 3.50. The van der Waals surface area contributed by atoms with E-state index >= 15 is 0 Å². The molecule has 0 radical (unpaired) electrons. The Labute approximate surface area is 109 Å². The number of hydrogen-bond acceptors (Lipinski definition) is 3. The van der Waals surface area contributed by atoms with Crippen molar-refractivity contribution in [3.05, 3.63) is 29.8 Å². The van der Waals surface area contributed by atoms with Gasteiger partial charge in [0.25, 0.3) is 0 Å². The van der Waals surface area contributed by atoms with Crippen molar-refractivity contribution >= 4 is 0 Å². The van der Waals surface area contributed by atoms with E-state index in [-0.39, 0.29) is 6.04 Å². The third kappa shape index (κ3) is 4.00. The molecule has 1 aliphatic carbocycles. The summed E-state index contributed by atoms with van der Waals surface area (Å²) in [7, 11) is 1.74. The highest BCUT2D eigenvalue weighted by atomic mass is 16.5. The zero-order chi connectivity index (χ0) is 12.8. The van der Waals surface area contributed by atoms with Crippen LogP contribution in [0.3, 0.4) is 0 Å². The van der Waals surface area contributed by atoms with Crippen molar-refractivity contribution in [3.8, 4) is 5.75 Å². The lowest BCUT2D eigenvalue weighted by molar-refractivity contribution is 0.167. The summed E-state index contributed by atoms with van der Waals surface area (Å²) < 4.78 is 11.1. The molecule has 1 fully saturated rings. The molecule has 1 unspecified atom stereocenters. The summed E-state index contributed by atoms with van der Waals surface area (Å²) in [6, 6.07) is 8.60. The van der Waals surface area contributed by atoms with Crippen LogP contribution in [0.4, 0.5) is 0 Å². The molecule has 0 bridgehead atoms. The highest BCUT2D eigenvalue weighted by Crippen LogP contribution is 2.28. The van der Waals surface area contributed by atoms with Crippen LogP contribution in [0.15, 0.2) is 24.3 Å². The molecule has 0 heterocycles. The molecular formula is C15H23NO2. The first kappa shape index (κ1) is 13.4. The van der Waals surface area contributed by atoms with Crippen molar-refractivity contribution in [2.45, 2.75) is 38.3 Å². The third-order valence-electron chi connectivity index (χ3n) is 3.06. The highest BCUT2D eigenvalue weighted by molar-refractivity contribution is 5.31. The van der Waals surface area contributed by atoms with E-state index in [1.165, 1.54) is 18.4 Å². The Bertz CT molecular complexity index is 363. The largest absolute Gasteiger partial charge is 0.490 e. The van der Waals surface area contributed by atoms with Gasteiger partial charge in [-0.1, -0.05) is 19.1 Å². The van der Waals surface area contributed by atoms with Gasteiger partial charge in [0.2, 0.25) is 0 Å². The van der Waals surface area contributed by atoms with Crippen molar-refractivity contribution in [1.82, 2.24) is 5.32 Å². The molecule has 0 saturated heterocycles. The summed E-state index contributed by atoms with van der Waals surface area (Å²) in [4.78, 5) is 0. The second-order valence-electron chi connectivity index (χ2n) is 4.85. The molecule has 1 saturated carbocycles. The minimum absolute atomic E-state index is 0.248. The Morgan fingerprint density at radius 2 is 2.22 bits per heavy atom. The first-order chi connectivity index (χ1) is 8.83. The molecule has 2 rings (SSSR count). The predicted molar refractivity (Wildman–Crippen MR) is 73.0 cm³/mol. The molecule has 3 nitrogen and oxygen atoms in total. The van der Waals surface area contributed by atoms with Gasteiger partial charge in [-0.3, -0.25) is 0 Å². The van der Waals surface area contributed by atoms with E-state index in [1.807, 2.05) is 6.07 Å². The molecule has 1 N–H and O–H groups in total. The van der Waals surface area contributed by atoms with Crippen LogP contribution >= 0.6 is 0 Å². The summed E-state index contributed by atoms with van der Waals surface area (Å²) in [6.45, 7) is 3.86. The maximum absolute atomic E-state index is 5.83. The number of methoxy groups -OCH3 is 1. The lowest BCUT2D eigenvalue weighted by Crippen LogP contribution is -2.25. The van der Waals surface area contributed by atoms with E-state index in [0.29, 0.717) is 12.7 Å². The van der Waals surface area contributed by atoms with E-state index in [2.05, 4.69) is 30.4 Å². The van der Waals surface area contributed by atoms with E-state index in [9.17, 15) is 0 Å². The molecule has 1 aliphatic rings. The summed E-state index contributed by atoms with van der Waals surface area (Å²) >= 11 is 0. The van der Waals surface area contributed by atoms with E-state index in [1.54, 1.807) is 7.11 Å². The van der Waals surface area contributed by atoms with Gasteiger partial charge >= 0.3 is 0 Å². The number of ether oxygens (including phenoxy) is 2. The van der Waals surface area contributed by atoms with Crippen molar-refractivity contribution < 1.29 is 9.47 Å². The van der Waals surface area contributed by atoms with E-state index < -0.39 is 0 Å². The van der Waals surface area contributed by atoms with Gasteiger partial charge in [-0.15, -0.1) is 0 Å². The SMILES string of the molecule is CCCNC(COC)c1cccc(OC2CC2)c1. The Morgan fingerprint density at radius 1 is 1.39 bits per heavy atom. The van der Waals surface area contributed by atoms with Gasteiger partial charge in [0.15, 0.2) is 0 Å². The number of rotatable bonds is 8. The smallest absolute Gasteiger partial charge is 0.120 e. The van der Waals surface area contributed by atoms with Crippen molar-refractivity contribution in [2.24, 2.45) is 0 Å². The quantitative estimate of drug-likeness (QED) is 0.768. The molecular weight excluding hydrogens is 226 g/mol. The van der Waals surface area contributed by atoms with Crippen LogP contribution in [0.2, 0.25) is 0 Å². The maximum Gasteiger partial charge on any atom is 0.120 e. The van der Waals surface area contributed by atoms with Gasteiger partial charge in [-0.25, -0.2) is 0 Å². The Morgan fingerprint density at radius 3 is 2.89 bits per heavy atom. The average Bonchev–Trinajstić information content (AvgIpc) is 3.19. The fraction of sp³-hybridized carbons (Fsp3) is 0.600. The zero-order valence-corrected chi connectivity index (χ0v) is 11.3. The van der Waals surface area contributed by atoms with Gasteiger partial charge in [-0.05, 0) is 43.5 Å². The molecule has 1 atom stereocenters. The first-order valence-electron chi connectivity index (χ1n) is 6.82. The summed E-state index contributed by atoms with van der Waals surface area (Å²) in [5.41, 5.74) is 1.24. The van der Waals surface area contributed by atoms with Gasteiger partial charge in [-0.2, -0.15) is 0 Å². The average molecular weight is 249 g/mol. The molecule has 100 valence electrons. The Balaban J connectivity index is 2.02. The fourth-order valence-electron chi connectivity index (χ4n) is 1.94. The number of benzene rings is 1. The van der Waals surface area contributed by atoms with Crippen LogP contribution < -0.4 is 10.1 Å². The topological polar surface area (TPSA) is 30.5 Å². The minimum atomic E-state index is 0.248. The van der Waals surface area contributed by atoms with Crippen LogP contribution in [0.5, 0.6) is 5.75 Å². The van der Waals surface area contributed by atoms with Crippen molar-refractivity contribution in [1.29, 1.82) is 0 Å². The second-order valence-corrected chi connectivity index (χ2v) is 4.85. The maximum atomic E-state index is 5.83. The lowest BCUT2D eigenvalue weighted by atomic mass is 10.1. The first-order valence-corrected chi connectivity index (χ1v) is 6.82. The molecule has 0 aliphatic heterocycles. The van der Waals surface area contributed by atoms with Gasteiger partial charge < -0.3 is 14.8 Å². The van der Waals surface area contributed by atoms with Gasteiger partial charge in [0.1, 0.15) is 5.75 Å². The monoisotopic (exact) mass is 249 g/mol. The van der Waals surface area contributed by atoms with Crippen LogP contribution in [-0.4, -0.2) is 26.4 Å². The zero-order valence-electron chi connectivity index (χ0n) is 11.3. The molecule has 1 aromatic rings. The standard InChI is InChI=1S/C15H23NO2/c1-3-9-16-15(11-17-2)12-5-4-6-14(10-12)18-13-7-8-13/h4-6,10,13,15-16H,3,7-9,11H2,1-2H3. The molecule has 0 amide bonds. The summed E-state index contributed by atoms with van der Waals surface area (Å²) in [5.74, 6) is 0.981. The highest BCUT2D eigenvalue weighted by Gasteiger charge is 2.23. The van der Waals surface area contributed by atoms with Crippen LogP contribution in [-0.2, 0) is 4.74 Å². The molecule has 18 heavy (non-hydrogen) atoms. The van der Waals surface area contributed by atoms with Gasteiger partial charge in [0.05, 0.1) is 18.8 Å². The molecule has 0 spiro atoms. The third-order valence-corrected chi connectivity index (χ3v) is 3.06. The second kappa shape index (κ2) is 6.76. The van der Waals surface area contributed by atoms with Crippen molar-refractivity contribution in [3.63, 3.8) is 0 Å². The van der Waals surface area contributed by atoms with Crippen molar-refractivity contribution in [2.75, 3.05) is 20.3 Å². The molecule has 0 aromatic heterocycles. The number of hydrogen-bond donors (Lipinski definition) is 1. The summed E-state index contributed by atoms with van der Waals surface area (Å²) in [6.07, 6.45) is 3.96. The normalized spacial score (nSPS) is 16.6. The fourth-order valence-corrected chi connectivity index (χ4v) is 1.94. The minimum Gasteiger partial charge on any atom is -0.490 e. The Hall–Kier alpha value is -1.06. The van der Waals surface area contributed by atoms with Crippen LogP contribution in [0.25, 0.3) is 0 Å². The van der Waals surface area contributed by atoms with Gasteiger partial charge in [0, 0.05) is 7.11 Å². The number of nitrogens with one attached hydrogen (secondary N) is 1. The van der Waals surface area contributed by atoms with Crippen LogP contribution in [0, 0.1) is 0 Å². The predicted octanol–water partition coefficient (Wildman–Crippen LogP) is 2.91. The van der Waals surface area contributed by atoms with E-state index in [0.717, 1.165) is 18.7 Å². The molecule has 1 aromatic carbocycles. The Kier molecular flexibility index (Phi) is 5.02.